The standard InChI is InChI=1S/C19H29N5O/c1-18(2)11-13(12-19(3,4)24-18)21-17-22-15-8-6-5-7-14(15)16(23-17)20-9-10-25/h5-8,13,24-25H,9-12H2,1-4H3,(H2,20,21,22,23). The molecule has 136 valence electrons. The van der Waals surface area contributed by atoms with Crippen LogP contribution in [-0.4, -0.2) is 45.3 Å². The van der Waals surface area contributed by atoms with Gasteiger partial charge in [0.1, 0.15) is 5.82 Å². The van der Waals surface area contributed by atoms with Crippen LogP contribution in [0.2, 0.25) is 0 Å². The van der Waals surface area contributed by atoms with Gasteiger partial charge >= 0.3 is 0 Å². The minimum absolute atomic E-state index is 0.0637. The highest BCUT2D eigenvalue weighted by atomic mass is 16.3. The molecule has 2 heterocycles. The van der Waals surface area contributed by atoms with Gasteiger partial charge in [0.2, 0.25) is 5.95 Å². The summed E-state index contributed by atoms with van der Waals surface area (Å²) < 4.78 is 0. The third kappa shape index (κ3) is 4.38. The van der Waals surface area contributed by atoms with Crippen molar-refractivity contribution in [3.05, 3.63) is 24.3 Å². The number of aromatic nitrogens is 2. The van der Waals surface area contributed by atoms with E-state index >= 15 is 0 Å². The summed E-state index contributed by atoms with van der Waals surface area (Å²) in [4.78, 5) is 9.35. The Morgan fingerprint density at radius 3 is 2.48 bits per heavy atom. The van der Waals surface area contributed by atoms with Crippen molar-refractivity contribution >= 4 is 22.7 Å². The van der Waals surface area contributed by atoms with E-state index in [0.717, 1.165) is 29.6 Å². The van der Waals surface area contributed by atoms with Crippen LogP contribution in [0.15, 0.2) is 24.3 Å². The van der Waals surface area contributed by atoms with Crippen LogP contribution in [0, 0.1) is 0 Å². The lowest BCUT2D eigenvalue weighted by Gasteiger charge is -2.46. The Bertz CT molecular complexity index is 728. The van der Waals surface area contributed by atoms with Crippen molar-refractivity contribution in [3.63, 3.8) is 0 Å². The van der Waals surface area contributed by atoms with Gasteiger partial charge in [-0.25, -0.2) is 4.98 Å². The number of fused-ring (bicyclic) bond motifs is 1. The lowest BCUT2D eigenvalue weighted by atomic mass is 9.80. The van der Waals surface area contributed by atoms with Crippen LogP contribution < -0.4 is 16.0 Å². The normalized spacial score (nSPS) is 19.7. The Kier molecular flexibility index (Phi) is 4.84. The molecule has 1 aliphatic rings. The van der Waals surface area contributed by atoms with E-state index < -0.39 is 0 Å². The molecule has 0 saturated carbocycles. The van der Waals surface area contributed by atoms with Crippen LogP contribution in [0.25, 0.3) is 10.9 Å². The maximum atomic E-state index is 9.12. The second kappa shape index (κ2) is 6.77. The van der Waals surface area contributed by atoms with Gasteiger partial charge in [0, 0.05) is 29.1 Å². The minimum Gasteiger partial charge on any atom is -0.395 e. The smallest absolute Gasteiger partial charge is 0.225 e. The van der Waals surface area contributed by atoms with E-state index in [1.54, 1.807) is 0 Å². The number of piperidine rings is 1. The number of nitrogens with one attached hydrogen (secondary N) is 3. The molecule has 4 N–H and O–H groups in total. The van der Waals surface area contributed by atoms with E-state index in [1.165, 1.54) is 0 Å². The van der Waals surface area contributed by atoms with Gasteiger partial charge < -0.3 is 21.1 Å². The Balaban J connectivity index is 1.88. The van der Waals surface area contributed by atoms with Crippen LogP contribution in [0.4, 0.5) is 11.8 Å². The van der Waals surface area contributed by atoms with Gasteiger partial charge in [0.25, 0.3) is 0 Å². The molecule has 2 aromatic rings. The zero-order chi connectivity index (χ0) is 18.1. The van der Waals surface area contributed by atoms with Crippen LogP contribution in [-0.2, 0) is 0 Å². The van der Waals surface area contributed by atoms with Crippen LogP contribution in [0.1, 0.15) is 40.5 Å². The summed E-state index contributed by atoms with van der Waals surface area (Å²) >= 11 is 0. The summed E-state index contributed by atoms with van der Waals surface area (Å²) in [6, 6.07) is 8.24. The number of benzene rings is 1. The maximum absolute atomic E-state index is 9.12. The molecule has 1 saturated heterocycles. The first-order valence-electron chi connectivity index (χ1n) is 8.95. The Labute approximate surface area is 149 Å². The van der Waals surface area contributed by atoms with E-state index in [0.29, 0.717) is 18.5 Å². The van der Waals surface area contributed by atoms with E-state index in [4.69, 9.17) is 5.11 Å². The van der Waals surface area contributed by atoms with E-state index in [1.807, 2.05) is 24.3 Å². The van der Waals surface area contributed by atoms with Gasteiger partial charge in [-0.15, -0.1) is 0 Å². The summed E-state index contributed by atoms with van der Waals surface area (Å²) in [5.74, 6) is 1.40. The first kappa shape index (κ1) is 17.9. The summed E-state index contributed by atoms with van der Waals surface area (Å²) in [7, 11) is 0. The molecule has 6 nitrogen and oxygen atoms in total. The monoisotopic (exact) mass is 343 g/mol. The first-order chi connectivity index (χ1) is 11.8. The van der Waals surface area contributed by atoms with E-state index in [9.17, 15) is 0 Å². The van der Waals surface area contributed by atoms with E-state index in [2.05, 4.69) is 53.6 Å². The fourth-order valence-electron chi connectivity index (χ4n) is 4.06. The van der Waals surface area contributed by atoms with Gasteiger partial charge in [-0.05, 0) is 52.7 Å². The number of hydrogen-bond donors (Lipinski definition) is 4. The molecule has 0 radical (unpaired) electrons. The van der Waals surface area contributed by atoms with Crippen molar-refractivity contribution in [2.45, 2.75) is 57.7 Å². The lowest BCUT2D eigenvalue weighted by molar-refractivity contribution is 0.170. The molecule has 1 aliphatic heterocycles. The molecule has 0 bridgehead atoms. The summed E-state index contributed by atoms with van der Waals surface area (Å²) in [5, 5.41) is 20.5. The Hall–Kier alpha value is -1.92. The van der Waals surface area contributed by atoms with Crippen LogP contribution in [0.3, 0.4) is 0 Å². The molecular formula is C19H29N5O. The fourth-order valence-corrected chi connectivity index (χ4v) is 4.06. The number of anilines is 2. The molecule has 25 heavy (non-hydrogen) atoms. The average molecular weight is 343 g/mol. The minimum atomic E-state index is 0.0637. The van der Waals surface area contributed by atoms with Crippen molar-refractivity contribution in [3.8, 4) is 0 Å². The molecule has 0 amide bonds. The number of hydrogen-bond acceptors (Lipinski definition) is 6. The number of rotatable bonds is 5. The number of aliphatic hydroxyl groups excluding tert-OH is 1. The molecule has 1 aromatic heterocycles. The second-order valence-corrected chi connectivity index (χ2v) is 8.21. The summed E-state index contributed by atoms with van der Waals surface area (Å²) in [5.41, 5.74) is 1.02. The summed E-state index contributed by atoms with van der Waals surface area (Å²) in [6.07, 6.45) is 2.01. The van der Waals surface area contributed by atoms with Gasteiger partial charge in [-0.3, -0.25) is 0 Å². The number of aliphatic hydroxyl groups is 1. The fraction of sp³-hybridized carbons (Fsp3) is 0.579. The lowest BCUT2D eigenvalue weighted by Crippen LogP contribution is -2.60. The predicted molar refractivity (Wildman–Crippen MR) is 103 cm³/mol. The Morgan fingerprint density at radius 2 is 1.80 bits per heavy atom. The molecule has 0 atom stereocenters. The van der Waals surface area contributed by atoms with Gasteiger partial charge in [-0.1, -0.05) is 12.1 Å². The van der Waals surface area contributed by atoms with Gasteiger partial charge in [-0.2, -0.15) is 4.98 Å². The van der Waals surface area contributed by atoms with Crippen molar-refractivity contribution < 1.29 is 5.11 Å². The highest BCUT2D eigenvalue weighted by Crippen LogP contribution is 2.30. The molecule has 6 heteroatoms. The average Bonchev–Trinajstić information content (AvgIpc) is 2.49. The maximum Gasteiger partial charge on any atom is 0.225 e. The van der Waals surface area contributed by atoms with Crippen LogP contribution >= 0.6 is 0 Å². The SMILES string of the molecule is CC1(C)CC(Nc2nc(NCCO)c3ccccc3n2)CC(C)(C)N1. The quantitative estimate of drug-likeness (QED) is 0.668. The molecule has 0 aliphatic carbocycles. The molecular weight excluding hydrogens is 314 g/mol. The zero-order valence-electron chi connectivity index (χ0n) is 15.6. The Morgan fingerprint density at radius 1 is 1.12 bits per heavy atom. The highest BCUT2D eigenvalue weighted by Gasteiger charge is 2.37. The molecule has 0 spiro atoms. The first-order valence-corrected chi connectivity index (χ1v) is 8.95. The van der Waals surface area contributed by atoms with Gasteiger partial charge in [0.15, 0.2) is 0 Å². The van der Waals surface area contributed by atoms with Crippen molar-refractivity contribution in [2.75, 3.05) is 23.8 Å². The third-order valence-corrected chi connectivity index (χ3v) is 4.53. The van der Waals surface area contributed by atoms with Crippen molar-refractivity contribution in [1.29, 1.82) is 0 Å². The molecule has 3 rings (SSSR count). The number of nitrogens with zero attached hydrogens (tertiary/aromatic N) is 2. The molecule has 0 unspecified atom stereocenters. The third-order valence-electron chi connectivity index (χ3n) is 4.53. The predicted octanol–water partition coefficient (Wildman–Crippen LogP) is 2.76. The van der Waals surface area contributed by atoms with Crippen molar-refractivity contribution in [1.82, 2.24) is 15.3 Å². The second-order valence-electron chi connectivity index (χ2n) is 8.21. The number of para-hydroxylation sites is 1. The van der Waals surface area contributed by atoms with Gasteiger partial charge in [0.05, 0.1) is 12.1 Å². The topological polar surface area (TPSA) is 82.1 Å². The largest absolute Gasteiger partial charge is 0.395 e. The summed E-state index contributed by atoms with van der Waals surface area (Å²) in [6.45, 7) is 9.47. The highest BCUT2D eigenvalue weighted by molar-refractivity contribution is 5.90. The molecule has 1 aromatic carbocycles. The molecule has 1 fully saturated rings. The zero-order valence-corrected chi connectivity index (χ0v) is 15.6. The van der Waals surface area contributed by atoms with Crippen LogP contribution in [0.5, 0.6) is 0 Å². The van der Waals surface area contributed by atoms with E-state index in [-0.39, 0.29) is 17.7 Å². The van der Waals surface area contributed by atoms with Crippen molar-refractivity contribution in [2.24, 2.45) is 0 Å².